The Morgan fingerprint density at radius 3 is 2.31 bits per heavy atom. The van der Waals surface area contributed by atoms with E-state index in [-0.39, 0.29) is 5.91 Å². The van der Waals surface area contributed by atoms with Gasteiger partial charge in [0.15, 0.2) is 5.69 Å². The first-order valence-corrected chi connectivity index (χ1v) is 8.86. The van der Waals surface area contributed by atoms with E-state index >= 15 is 0 Å². The van der Waals surface area contributed by atoms with Crippen LogP contribution in [0.15, 0.2) is 70.4 Å². The summed E-state index contributed by atoms with van der Waals surface area (Å²) in [5.41, 5.74) is 3.83. The van der Waals surface area contributed by atoms with Gasteiger partial charge in [0.05, 0.1) is 10.7 Å². The van der Waals surface area contributed by atoms with Crippen LogP contribution in [-0.2, 0) is 7.05 Å². The Labute approximate surface area is 158 Å². The van der Waals surface area contributed by atoms with Gasteiger partial charge in [0, 0.05) is 18.8 Å². The zero-order valence-corrected chi connectivity index (χ0v) is 15.6. The van der Waals surface area contributed by atoms with Crippen LogP contribution in [0, 0.1) is 0 Å². The van der Waals surface area contributed by atoms with Crippen molar-refractivity contribution >= 4 is 49.6 Å². The van der Waals surface area contributed by atoms with Crippen molar-refractivity contribution in [1.29, 1.82) is 0 Å². The molecule has 5 nitrogen and oxygen atoms in total. The molecule has 0 aliphatic heterocycles. The molecule has 0 atom stereocenters. The molecule has 0 spiro atoms. The van der Waals surface area contributed by atoms with Crippen LogP contribution in [0.2, 0.25) is 0 Å². The van der Waals surface area contributed by atoms with E-state index in [4.69, 9.17) is 0 Å². The molecule has 0 aliphatic carbocycles. The quantitative estimate of drug-likeness (QED) is 0.314. The Morgan fingerprint density at radius 2 is 1.73 bits per heavy atom. The highest BCUT2D eigenvalue weighted by Gasteiger charge is 2.13. The maximum Gasteiger partial charge on any atom is 0.293 e. The van der Waals surface area contributed by atoms with Gasteiger partial charge in [0.1, 0.15) is 0 Å². The molecule has 0 unspecified atom stereocenters. The normalized spacial score (nSPS) is 11.5. The van der Waals surface area contributed by atoms with Gasteiger partial charge in [-0.15, -0.1) is 0 Å². The van der Waals surface area contributed by atoms with Crippen molar-refractivity contribution in [1.82, 2.24) is 15.2 Å². The second-order valence-corrected chi connectivity index (χ2v) is 6.79. The lowest BCUT2D eigenvalue weighted by atomic mass is 9.97. The van der Waals surface area contributed by atoms with E-state index in [1.165, 1.54) is 0 Å². The molecule has 128 valence electrons. The lowest BCUT2D eigenvalue weighted by molar-refractivity contribution is 0.0948. The molecule has 4 rings (SSSR count). The summed E-state index contributed by atoms with van der Waals surface area (Å²) in [5, 5.41) is 12.7. The van der Waals surface area contributed by atoms with Gasteiger partial charge in [-0.3, -0.25) is 9.48 Å². The number of rotatable bonds is 3. The van der Waals surface area contributed by atoms with Crippen LogP contribution in [0.1, 0.15) is 16.1 Å². The molecule has 1 N–H and O–H groups in total. The number of nitrogens with one attached hydrogen (secondary N) is 1. The van der Waals surface area contributed by atoms with Crippen molar-refractivity contribution in [2.75, 3.05) is 0 Å². The first-order chi connectivity index (χ1) is 12.6. The molecule has 0 fully saturated rings. The van der Waals surface area contributed by atoms with Crippen LogP contribution >= 0.6 is 15.9 Å². The fourth-order valence-corrected chi connectivity index (χ4v) is 3.57. The van der Waals surface area contributed by atoms with Crippen LogP contribution in [-0.4, -0.2) is 21.9 Å². The summed E-state index contributed by atoms with van der Waals surface area (Å²) in [6.45, 7) is 0. The minimum Gasteiger partial charge on any atom is -0.274 e. The number of benzene rings is 3. The van der Waals surface area contributed by atoms with Crippen LogP contribution in [0.3, 0.4) is 0 Å². The van der Waals surface area contributed by atoms with Crippen molar-refractivity contribution in [3.63, 3.8) is 0 Å². The van der Waals surface area contributed by atoms with E-state index in [1.54, 1.807) is 24.1 Å². The number of fused-ring (bicyclic) bond motifs is 2. The van der Waals surface area contributed by atoms with E-state index in [9.17, 15) is 4.79 Å². The van der Waals surface area contributed by atoms with E-state index in [0.29, 0.717) is 10.2 Å². The molecule has 1 aromatic heterocycles. The highest BCUT2D eigenvalue weighted by atomic mass is 79.9. The lowest BCUT2D eigenvalue weighted by Gasteiger charge is -2.07. The van der Waals surface area contributed by atoms with Crippen LogP contribution in [0.25, 0.3) is 21.5 Å². The fraction of sp³-hybridized carbons (Fsp3) is 0.0500. The number of aromatic nitrogens is 2. The second-order valence-electron chi connectivity index (χ2n) is 5.93. The van der Waals surface area contributed by atoms with Crippen molar-refractivity contribution < 1.29 is 4.79 Å². The van der Waals surface area contributed by atoms with E-state index < -0.39 is 0 Å². The van der Waals surface area contributed by atoms with Crippen LogP contribution < -0.4 is 5.43 Å². The lowest BCUT2D eigenvalue weighted by Crippen LogP contribution is -2.19. The van der Waals surface area contributed by atoms with Gasteiger partial charge in [0.2, 0.25) is 0 Å². The highest BCUT2D eigenvalue weighted by molar-refractivity contribution is 9.10. The van der Waals surface area contributed by atoms with Crippen molar-refractivity contribution in [3.8, 4) is 0 Å². The molecular weight excluding hydrogens is 392 g/mol. The number of amides is 1. The Kier molecular flexibility index (Phi) is 4.26. The minimum absolute atomic E-state index is 0.299. The largest absolute Gasteiger partial charge is 0.293 e. The molecule has 4 aromatic rings. The standard InChI is InChI=1S/C20H15BrN4O/c1-25-12-18(21)19(24-25)20(26)23-22-11-17-15-8-4-2-6-13(15)10-14-7-3-5-9-16(14)17/h2-12H,1H3,(H,23,26)/b22-11+. The third-order valence-corrected chi connectivity index (χ3v) is 4.75. The molecular formula is C20H15BrN4O. The van der Waals surface area contributed by atoms with Crippen LogP contribution in [0.5, 0.6) is 0 Å². The maximum absolute atomic E-state index is 12.3. The molecule has 26 heavy (non-hydrogen) atoms. The maximum atomic E-state index is 12.3. The van der Waals surface area contributed by atoms with Gasteiger partial charge in [-0.2, -0.15) is 10.2 Å². The zero-order valence-electron chi connectivity index (χ0n) is 14.0. The molecule has 3 aromatic carbocycles. The van der Waals surface area contributed by atoms with Gasteiger partial charge < -0.3 is 0 Å². The summed E-state index contributed by atoms with van der Waals surface area (Å²) in [7, 11) is 1.76. The van der Waals surface area contributed by atoms with Crippen molar-refractivity contribution in [2.24, 2.45) is 12.1 Å². The number of hydrogen-bond donors (Lipinski definition) is 1. The summed E-state index contributed by atoms with van der Waals surface area (Å²) >= 11 is 3.32. The number of hydrogen-bond acceptors (Lipinski definition) is 3. The van der Waals surface area contributed by atoms with Gasteiger partial charge in [-0.1, -0.05) is 48.5 Å². The number of hydrazone groups is 1. The molecule has 0 radical (unpaired) electrons. The van der Waals surface area contributed by atoms with Gasteiger partial charge in [-0.05, 0) is 43.5 Å². The van der Waals surface area contributed by atoms with Gasteiger partial charge in [0.25, 0.3) is 5.91 Å². The summed E-state index contributed by atoms with van der Waals surface area (Å²) in [6, 6.07) is 18.4. The molecule has 1 amide bonds. The number of carbonyl (C=O) groups is 1. The highest BCUT2D eigenvalue weighted by Crippen LogP contribution is 2.27. The average molecular weight is 407 g/mol. The molecule has 0 saturated carbocycles. The molecule has 0 aliphatic rings. The minimum atomic E-state index is -0.363. The zero-order chi connectivity index (χ0) is 18.1. The Bertz CT molecular complexity index is 1110. The molecule has 1 heterocycles. The number of halogens is 1. The molecule has 0 saturated heterocycles. The third-order valence-electron chi connectivity index (χ3n) is 4.17. The van der Waals surface area contributed by atoms with E-state index in [0.717, 1.165) is 27.1 Å². The number of carbonyl (C=O) groups excluding carboxylic acids is 1. The predicted octanol–water partition coefficient (Wildman–Crippen LogP) is 4.25. The summed E-state index contributed by atoms with van der Waals surface area (Å²) in [4.78, 5) is 12.3. The Morgan fingerprint density at radius 1 is 1.12 bits per heavy atom. The number of aryl methyl sites for hydroxylation is 1. The summed E-state index contributed by atoms with van der Waals surface area (Å²) < 4.78 is 2.20. The first kappa shape index (κ1) is 16.5. The SMILES string of the molecule is Cn1cc(Br)c(C(=O)N/N=C/c2c3ccccc3cc3ccccc23)n1. The van der Waals surface area contributed by atoms with Crippen LogP contribution in [0.4, 0.5) is 0 Å². The molecule has 6 heteroatoms. The monoisotopic (exact) mass is 406 g/mol. The van der Waals surface area contributed by atoms with E-state index in [1.807, 2.05) is 24.3 Å². The predicted molar refractivity (Wildman–Crippen MR) is 107 cm³/mol. The fourth-order valence-electron chi connectivity index (χ4n) is 3.01. The summed E-state index contributed by atoms with van der Waals surface area (Å²) in [6.07, 6.45) is 3.41. The van der Waals surface area contributed by atoms with E-state index in [2.05, 4.69) is 61.9 Å². The average Bonchev–Trinajstić information content (AvgIpc) is 2.99. The number of nitrogens with zero attached hydrogens (tertiary/aromatic N) is 3. The second kappa shape index (κ2) is 6.72. The molecule has 0 bridgehead atoms. The van der Waals surface area contributed by atoms with Crippen molar-refractivity contribution in [3.05, 3.63) is 76.5 Å². The topological polar surface area (TPSA) is 59.3 Å². The summed E-state index contributed by atoms with van der Waals surface area (Å²) in [5.74, 6) is -0.363. The smallest absolute Gasteiger partial charge is 0.274 e. The Balaban J connectivity index is 1.72. The Hall–Kier alpha value is -2.99. The van der Waals surface area contributed by atoms with Crippen molar-refractivity contribution in [2.45, 2.75) is 0 Å². The third kappa shape index (κ3) is 2.99. The van der Waals surface area contributed by atoms with Gasteiger partial charge in [-0.25, -0.2) is 5.43 Å². The van der Waals surface area contributed by atoms with Gasteiger partial charge >= 0.3 is 0 Å². The first-order valence-electron chi connectivity index (χ1n) is 8.06.